The third-order valence-electron chi connectivity index (χ3n) is 2.36. The molecule has 6 heteroatoms. The summed E-state index contributed by atoms with van der Waals surface area (Å²) in [4.78, 5) is 21.3. The van der Waals surface area contributed by atoms with Crippen LogP contribution < -0.4 is 16.0 Å². The van der Waals surface area contributed by atoms with E-state index in [2.05, 4.69) is 15.3 Å². The second kappa shape index (κ2) is 3.72. The van der Waals surface area contributed by atoms with E-state index in [4.69, 9.17) is 5.73 Å². The molecule has 1 atom stereocenters. The van der Waals surface area contributed by atoms with Gasteiger partial charge in [0.1, 0.15) is 6.54 Å². The number of amides is 1. The van der Waals surface area contributed by atoms with E-state index in [1.165, 1.54) is 0 Å². The summed E-state index contributed by atoms with van der Waals surface area (Å²) in [6, 6.07) is 0.200. The molecule has 15 heavy (non-hydrogen) atoms. The lowest BCUT2D eigenvalue weighted by atomic mass is 10.2. The number of hydrogen-bond donors (Lipinski definition) is 2. The summed E-state index contributed by atoms with van der Waals surface area (Å²) in [5.74, 6) is 0.542. The Balaban J connectivity index is 2.21. The molecule has 1 aliphatic heterocycles. The van der Waals surface area contributed by atoms with Crippen molar-refractivity contribution in [2.75, 3.05) is 23.7 Å². The number of nitrogen functional groups attached to an aromatic ring is 1. The maximum absolute atomic E-state index is 11.2. The van der Waals surface area contributed by atoms with Gasteiger partial charge in [0.05, 0.1) is 18.1 Å². The molecule has 0 aliphatic carbocycles. The number of carbonyl (C=O) groups is 1. The fraction of sp³-hybridized carbons (Fsp3) is 0.444. The average molecular weight is 207 g/mol. The van der Waals surface area contributed by atoms with Crippen molar-refractivity contribution in [2.24, 2.45) is 0 Å². The van der Waals surface area contributed by atoms with Gasteiger partial charge in [-0.3, -0.25) is 4.79 Å². The van der Waals surface area contributed by atoms with Crippen LogP contribution in [-0.2, 0) is 4.79 Å². The van der Waals surface area contributed by atoms with Crippen molar-refractivity contribution in [1.29, 1.82) is 0 Å². The van der Waals surface area contributed by atoms with E-state index in [0.717, 1.165) is 0 Å². The molecule has 1 aromatic rings. The van der Waals surface area contributed by atoms with Gasteiger partial charge >= 0.3 is 0 Å². The van der Waals surface area contributed by atoms with Crippen LogP contribution in [-0.4, -0.2) is 35.0 Å². The fourth-order valence-corrected chi connectivity index (χ4v) is 1.49. The summed E-state index contributed by atoms with van der Waals surface area (Å²) >= 11 is 0. The van der Waals surface area contributed by atoms with Gasteiger partial charge < -0.3 is 16.0 Å². The fourth-order valence-electron chi connectivity index (χ4n) is 1.49. The molecule has 1 aliphatic rings. The number of anilines is 2. The summed E-state index contributed by atoms with van der Waals surface area (Å²) in [5, 5.41) is 2.78. The highest BCUT2D eigenvalue weighted by molar-refractivity contribution is 5.82. The molecule has 0 saturated carbocycles. The van der Waals surface area contributed by atoms with E-state index in [9.17, 15) is 4.79 Å². The Bertz CT molecular complexity index is 363. The van der Waals surface area contributed by atoms with E-state index >= 15 is 0 Å². The molecule has 1 amide bonds. The number of carbonyl (C=O) groups excluding carboxylic acids is 1. The monoisotopic (exact) mass is 207 g/mol. The largest absolute Gasteiger partial charge is 0.396 e. The number of hydrogen-bond acceptors (Lipinski definition) is 5. The maximum Gasteiger partial charge on any atom is 0.239 e. The molecule has 1 aromatic heterocycles. The minimum Gasteiger partial charge on any atom is -0.396 e. The average Bonchev–Trinajstić information content (AvgIpc) is 2.23. The zero-order valence-corrected chi connectivity index (χ0v) is 8.47. The van der Waals surface area contributed by atoms with Crippen LogP contribution in [0.3, 0.4) is 0 Å². The van der Waals surface area contributed by atoms with Crippen molar-refractivity contribution in [3.8, 4) is 0 Å². The molecule has 3 N–H and O–H groups in total. The topological polar surface area (TPSA) is 84.1 Å². The van der Waals surface area contributed by atoms with Gasteiger partial charge in [0.2, 0.25) is 11.9 Å². The predicted octanol–water partition coefficient (Wildman–Crippen LogP) is -0.617. The standard InChI is InChI=1S/C9H13N5O/c1-6-2-11-8(15)5-14(6)9-12-3-7(10)4-13-9/h3-4,6H,2,5,10H2,1H3,(H,11,15)/t6-/m1/s1. The van der Waals surface area contributed by atoms with Gasteiger partial charge in [-0.05, 0) is 6.92 Å². The van der Waals surface area contributed by atoms with Crippen molar-refractivity contribution in [3.05, 3.63) is 12.4 Å². The van der Waals surface area contributed by atoms with Gasteiger partial charge in [0.15, 0.2) is 0 Å². The SMILES string of the molecule is C[C@@H]1CNC(=O)CN1c1ncc(N)cn1. The lowest BCUT2D eigenvalue weighted by Gasteiger charge is -2.32. The van der Waals surface area contributed by atoms with Crippen LogP contribution in [0.2, 0.25) is 0 Å². The van der Waals surface area contributed by atoms with Crippen LogP contribution in [0, 0.1) is 0 Å². The second-order valence-electron chi connectivity index (χ2n) is 3.60. The molecule has 0 bridgehead atoms. The molecule has 2 rings (SSSR count). The quantitative estimate of drug-likeness (QED) is 0.641. The van der Waals surface area contributed by atoms with Crippen LogP contribution in [0.4, 0.5) is 11.6 Å². The summed E-state index contributed by atoms with van der Waals surface area (Å²) in [6.07, 6.45) is 3.09. The van der Waals surface area contributed by atoms with Crippen LogP contribution in [0.25, 0.3) is 0 Å². The molecule has 6 nitrogen and oxygen atoms in total. The van der Waals surface area contributed by atoms with Gasteiger partial charge in [0, 0.05) is 12.6 Å². The highest BCUT2D eigenvalue weighted by atomic mass is 16.2. The smallest absolute Gasteiger partial charge is 0.239 e. The number of nitrogens with two attached hydrogens (primary N) is 1. The number of nitrogens with zero attached hydrogens (tertiary/aromatic N) is 3. The second-order valence-corrected chi connectivity index (χ2v) is 3.60. The van der Waals surface area contributed by atoms with Gasteiger partial charge in [-0.25, -0.2) is 9.97 Å². The van der Waals surface area contributed by atoms with Gasteiger partial charge in [-0.1, -0.05) is 0 Å². The third kappa shape index (κ3) is 1.98. The molecule has 0 unspecified atom stereocenters. The van der Waals surface area contributed by atoms with Crippen LogP contribution >= 0.6 is 0 Å². The molecule has 2 heterocycles. The summed E-state index contributed by atoms with van der Waals surface area (Å²) in [7, 11) is 0. The molecule has 0 radical (unpaired) electrons. The van der Waals surface area contributed by atoms with Gasteiger partial charge in [-0.2, -0.15) is 0 Å². The summed E-state index contributed by atoms with van der Waals surface area (Å²) in [5.41, 5.74) is 6.02. The minimum absolute atomic E-state index is 0.00600. The summed E-state index contributed by atoms with van der Waals surface area (Å²) < 4.78 is 0. The Hall–Kier alpha value is -1.85. The Kier molecular flexibility index (Phi) is 2.40. The first-order valence-corrected chi connectivity index (χ1v) is 4.77. The van der Waals surface area contributed by atoms with Crippen LogP contribution in [0.5, 0.6) is 0 Å². The van der Waals surface area contributed by atoms with Gasteiger partial charge in [0.25, 0.3) is 0 Å². The first kappa shape index (κ1) is 9.70. The molecular formula is C9H13N5O. The third-order valence-corrected chi connectivity index (χ3v) is 2.36. The van der Waals surface area contributed by atoms with Crippen molar-refractivity contribution >= 4 is 17.5 Å². The first-order chi connectivity index (χ1) is 7.16. The molecule has 80 valence electrons. The predicted molar refractivity (Wildman–Crippen MR) is 56.3 cm³/mol. The minimum atomic E-state index is -0.00600. The van der Waals surface area contributed by atoms with Crippen molar-refractivity contribution in [1.82, 2.24) is 15.3 Å². The lowest BCUT2D eigenvalue weighted by Crippen LogP contribution is -2.53. The molecule has 0 aromatic carbocycles. The molecule has 1 fully saturated rings. The van der Waals surface area contributed by atoms with Crippen molar-refractivity contribution in [3.63, 3.8) is 0 Å². The molecular weight excluding hydrogens is 194 g/mol. The lowest BCUT2D eigenvalue weighted by molar-refractivity contribution is -0.120. The van der Waals surface area contributed by atoms with Crippen molar-refractivity contribution < 1.29 is 4.79 Å². The Morgan fingerprint density at radius 3 is 2.87 bits per heavy atom. The van der Waals surface area contributed by atoms with E-state index < -0.39 is 0 Å². The highest BCUT2D eigenvalue weighted by Crippen LogP contribution is 2.13. The zero-order chi connectivity index (χ0) is 10.8. The molecule has 1 saturated heterocycles. The van der Waals surface area contributed by atoms with E-state index in [-0.39, 0.29) is 11.9 Å². The van der Waals surface area contributed by atoms with E-state index in [1.807, 2.05) is 11.8 Å². The first-order valence-electron chi connectivity index (χ1n) is 4.77. The van der Waals surface area contributed by atoms with Crippen LogP contribution in [0.1, 0.15) is 6.92 Å². The van der Waals surface area contributed by atoms with E-state index in [1.54, 1.807) is 12.4 Å². The van der Waals surface area contributed by atoms with Crippen LogP contribution in [0.15, 0.2) is 12.4 Å². The normalized spacial score (nSPS) is 21.3. The number of aromatic nitrogens is 2. The highest BCUT2D eigenvalue weighted by Gasteiger charge is 2.24. The summed E-state index contributed by atoms with van der Waals surface area (Å²) in [6.45, 7) is 2.93. The maximum atomic E-state index is 11.2. The van der Waals surface area contributed by atoms with Gasteiger partial charge in [-0.15, -0.1) is 0 Å². The Morgan fingerprint density at radius 1 is 1.53 bits per heavy atom. The Morgan fingerprint density at radius 2 is 2.20 bits per heavy atom. The zero-order valence-electron chi connectivity index (χ0n) is 8.47. The van der Waals surface area contributed by atoms with Crippen molar-refractivity contribution in [2.45, 2.75) is 13.0 Å². The number of nitrogens with one attached hydrogen (secondary N) is 1. The van der Waals surface area contributed by atoms with E-state index in [0.29, 0.717) is 24.7 Å². The molecule has 0 spiro atoms. The number of rotatable bonds is 1. The Labute approximate surface area is 87.5 Å². The number of piperazine rings is 1.